The van der Waals surface area contributed by atoms with Crippen LogP contribution in [0.15, 0.2) is 176 Å². The topological polar surface area (TPSA) is 58.8 Å². The van der Waals surface area contributed by atoms with Crippen LogP contribution in [0, 0.1) is 11.3 Å². The Labute approximate surface area is 301 Å². The fraction of sp³-hybridized carbons (Fsp3) is 0.0208. The highest BCUT2D eigenvalue weighted by molar-refractivity contribution is 5.91. The van der Waals surface area contributed by atoms with Crippen LogP contribution in [0.1, 0.15) is 27.8 Å². The van der Waals surface area contributed by atoms with Crippen LogP contribution < -0.4 is 4.74 Å². The van der Waals surface area contributed by atoms with E-state index in [1.165, 1.54) is 22.3 Å². The highest BCUT2D eigenvalue weighted by atomic mass is 16.5. The molecule has 1 aliphatic carbocycles. The Morgan fingerprint density at radius 2 is 1.00 bits per heavy atom. The zero-order valence-electron chi connectivity index (χ0n) is 28.0. The third kappa shape index (κ3) is 4.54. The molecule has 4 heteroatoms. The normalized spacial score (nSPS) is 14.8. The van der Waals surface area contributed by atoms with Gasteiger partial charge in [0.15, 0.2) is 5.82 Å². The Morgan fingerprint density at radius 3 is 1.77 bits per heavy atom. The quantitative estimate of drug-likeness (QED) is 0.188. The fourth-order valence-electron chi connectivity index (χ4n) is 8.05. The minimum atomic E-state index is -0.660. The second kappa shape index (κ2) is 11.8. The summed E-state index contributed by atoms with van der Waals surface area (Å²) in [5.74, 6) is 2.35. The maximum absolute atomic E-state index is 9.45. The van der Waals surface area contributed by atoms with Crippen molar-refractivity contribution < 1.29 is 4.74 Å². The van der Waals surface area contributed by atoms with Crippen LogP contribution in [-0.4, -0.2) is 9.97 Å². The highest BCUT2D eigenvalue weighted by Crippen LogP contribution is 2.62. The van der Waals surface area contributed by atoms with E-state index in [4.69, 9.17) is 14.7 Å². The molecule has 1 atom stereocenters. The second-order valence-corrected chi connectivity index (χ2v) is 13.2. The zero-order chi connectivity index (χ0) is 34.6. The number of ether oxygens (including phenoxy) is 1. The van der Waals surface area contributed by atoms with E-state index in [-0.39, 0.29) is 0 Å². The third-order valence-electron chi connectivity index (χ3n) is 10.4. The summed E-state index contributed by atoms with van der Waals surface area (Å²) in [4.78, 5) is 10.3. The molecule has 7 aromatic carbocycles. The van der Waals surface area contributed by atoms with Crippen LogP contribution in [0.4, 0.5) is 0 Å². The average molecular weight is 664 g/mol. The third-order valence-corrected chi connectivity index (χ3v) is 10.4. The van der Waals surface area contributed by atoms with Gasteiger partial charge in [0.25, 0.3) is 0 Å². The molecule has 0 saturated carbocycles. The monoisotopic (exact) mass is 663 g/mol. The van der Waals surface area contributed by atoms with E-state index in [0.29, 0.717) is 11.4 Å². The Morgan fingerprint density at radius 1 is 0.423 bits per heavy atom. The molecule has 10 rings (SSSR count). The first-order chi connectivity index (χ1) is 25.7. The van der Waals surface area contributed by atoms with Crippen molar-refractivity contribution in [3.05, 3.63) is 204 Å². The smallest absolute Gasteiger partial charge is 0.160 e. The predicted octanol–water partition coefficient (Wildman–Crippen LogP) is 11.5. The van der Waals surface area contributed by atoms with Crippen molar-refractivity contribution in [1.82, 2.24) is 9.97 Å². The first-order valence-electron chi connectivity index (χ1n) is 17.4. The number of fused-ring (bicyclic) bond motifs is 9. The van der Waals surface area contributed by atoms with Gasteiger partial charge in [-0.1, -0.05) is 133 Å². The number of hydrogen-bond acceptors (Lipinski definition) is 4. The molecule has 52 heavy (non-hydrogen) atoms. The fourth-order valence-corrected chi connectivity index (χ4v) is 8.05. The van der Waals surface area contributed by atoms with E-state index in [2.05, 4.69) is 115 Å². The lowest BCUT2D eigenvalue weighted by molar-refractivity contribution is 0.436. The van der Waals surface area contributed by atoms with Crippen LogP contribution in [-0.2, 0) is 5.41 Å². The molecule has 0 amide bonds. The molecular weight excluding hydrogens is 635 g/mol. The summed E-state index contributed by atoms with van der Waals surface area (Å²) in [6.45, 7) is 0. The molecule has 0 N–H and O–H groups in total. The molecule has 4 nitrogen and oxygen atoms in total. The molecule has 1 unspecified atom stereocenters. The number of hydrogen-bond donors (Lipinski definition) is 0. The van der Waals surface area contributed by atoms with E-state index in [0.717, 1.165) is 61.8 Å². The first-order valence-corrected chi connectivity index (χ1v) is 17.4. The molecule has 0 saturated heterocycles. The summed E-state index contributed by atoms with van der Waals surface area (Å²) < 4.78 is 6.70. The van der Waals surface area contributed by atoms with Gasteiger partial charge >= 0.3 is 0 Å². The van der Waals surface area contributed by atoms with Crippen molar-refractivity contribution in [3.63, 3.8) is 0 Å². The van der Waals surface area contributed by atoms with E-state index in [1.807, 2.05) is 66.7 Å². The number of para-hydroxylation sites is 1. The molecule has 0 radical (unpaired) electrons. The summed E-state index contributed by atoms with van der Waals surface area (Å²) in [7, 11) is 0. The highest BCUT2D eigenvalue weighted by Gasteiger charge is 2.51. The molecule has 0 bridgehead atoms. The number of nitriles is 1. The van der Waals surface area contributed by atoms with Crippen molar-refractivity contribution in [2.75, 3.05) is 0 Å². The molecule has 1 aliphatic heterocycles. The van der Waals surface area contributed by atoms with Crippen LogP contribution >= 0.6 is 0 Å². The molecule has 1 aromatic heterocycles. The molecule has 242 valence electrons. The lowest BCUT2D eigenvalue weighted by atomic mass is 9.65. The minimum absolute atomic E-state index is 0.636. The summed E-state index contributed by atoms with van der Waals surface area (Å²) in [5, 5.41) is 9.45. The average Bonchev–Trinajstić information content (AvgIpc) is 3.51. The van der Waals surface area contributed by atoms with Gasteiger partial charge in [-0.3, -0.25) is 0 Å². The van der Waals surface area contributed by atoms with Crippen molar-refractivity contribution in [3.8, 4) is 73.7 Å². The van der Waals surface area contributed by atoms with Gasteiger partial charge in [-0.2, -0.15) is 5.26 Å². The van der Waals surface area contributed by atoms with Crippen molar-refractivity contribution in [2.24, 2.45) is 0 Å². The van der Waals surface area contributed by atoms with Gasteiger partial charge in [0.2, 0.25) is 0 Å². The van der Waals surface area contributed by atoms with E-state index in [9.17, 15) is 5.26 Å². The van der Waals surface area contributed by atoms with Gasteiger partial charge in [-0.25, -0.2) is 9.97 Å². The van der Waals surface area contributed by atoms with Crippen molar-refractivity contribution >= 4 is 0 Å². The molecule has 8 aromatic rings. The van der Waals surface area contributed by atoms with E-state index >= 15 is 0 Å². The number of aromatic nitrogens is 2. The van der Waals surface area contributed by atoms with Gasteiger partial charge in [0, 0.05) is 27.8 Å². The molecule has 1 spiro atoms. The Bertz CT molecular complexity index is 2660. The summed E-state index contributed by atoms with van der Waals surface area (Å²) in [6, 6.07) is 63.0. The lowest BCUT2D eigenvalue weighted by Gasteiger charge is -2.39. The van der Waals surface area contributed by atoms with Gasteiger partial charge < -0.3 is 4.74 Å². The molecule has 2 aliphatic rings. The largest absolute Gasteiger partial charge is 0.457 e. The lowest BCUT2D eigenvalue weighted by Crippen LogP contribution is -2.32. The standard InChI is InChI=1S/C48H29N3O/c49-30-31-19-21-32(22-20-31)35-24-26-46-42(27-35)48(40-17-9-10-18-45(40)52-46)39-16-8-7-15-37(39)38-25-23-36(28-41(38)48)44-29-43(33-11-3-1-4-12-33)50-47(51-44)34-13-5-2-6-14-34/h1-29H. The van der Waals surface area contributed by atoms with Gasteiger partial charge in [-0.15, -0.1) is 0 Å². The Balaban J connectivity index is 1.24. The summed E-state index contributed by atoms with van der Waals surface area (Å²) in [5.41, 5.74) is 13.8. The maximum atomic E-state index is 9.45. The molecule has 2 heterocycles. The van der Waals surface area contributed by atoms with Gasteiger partial charge in [-0.05, 0) is 75.8 Å². The Hall–Kier alpha value is -7.09. The van der Waals surface area contributed by atoms with Crippen LogP contribution in [0.5, 0.6) is 11.5 Å². The number of benzene rings is 7. The van der Waals surface area contributed by atoms with E-state index in [1.54, 1.807) is 0 Å². The van der Waals surface area contributed by atoms with E-state index < -0.39 is 5.41 Å². The SMILES string of the molecule is N#Cc1ccc(-c2ccc3c(c2)C2(c4ccccc4O3)c3ccccc3-c3ccc(-c4cc(-c5ccccc5)nc(-c5ccccc5)n4)cc32)cc1. The zero-order valence-corrected chi connectivity index (χ0v) is 28.0. The molecule has 0 fully saturated rings. The summed E-state index contributed by atoms with van der Waals surface area (Å²) >= 11 is 0. The predicted molar refractivity (Wildman–Crippen MR) is 206 cm³/mol. The number of nitrogens with zero attached hydrogens (tertiary/aromatic N) is 3. The first kappa shape index (κ1) is 29.8. The van der Waals surface area contributed by atoms with Crippen LogP contribution in [0.3, 0.4) is 0 Å². The van der Waals surface area contributed by atoms with Crippen molar-refractivity contribution in [1.29, 1.82) is 5.26 Å². The minimum Gasteiger partial charge on any atom is -0.457 e. The Kier molecular flexibility index (Phi) is 6.74. The van der Waals surface area contributed by atoms with Crippen LogP contribution in [0.25, 0.3) is 56.2 Å². The maximum Gasteiger partial charge on any atom is 0.160 e. The van der Waals surface area contributed by atoms with Gasteiger partial charge in [0.1, 0.15) is 11.5 Å². The second-order valence-electron chi connectivity index (χ2n) is 13.2. The number of rotatable bonds is 4. The van der Waals surface area contributed by atoms with Crippen molar-refractivity contribution in [2.45, 2.75) is 5.41 Å². The van der Waals surface area contributed by atoms with Gasteiger partial charge in [0.05, 0.1) is 28.4 Å². The van der Waals surface area contributed by atoms with Crippen LogP contribution in [0.2, 0.25) is 0 Å². The summed E-state index contributed by atoms with van der Waals surface area (Å²) in [6.07, 6.45) is 0. The molecular formula is C48H29N3O.